The van der Waals surface area contributed by atoms with Gasteiger partial charge in [-0.05, 0) is 41.0 Å². The summed E-state index contributed by atoms with van der Waals surface area (Å²) in [6, 6.07) is 0.127. The van der Waals surface area contributed by atoms with Gasteiger partial charge in [0.25, 0.3) is 0 Å². The first-order valence-electron chi connectivity index (χ1n) is 6.48. The van der Waals surface area contributed by atoms with Gasteiger partial charge in [-0.1, -0.05) is 0 Å². The van der Waals surface area contributed by atoms with Crippen LogP contribution in [0.25, 0.3) is 0 Å². The SMILES string of the molecule is CC1CN(C(C)CC(C)(N)C(=O)O)CC(C)(C)O1. The van der Waals surface area contributed by atoms with Crippen LogP contribution in [0.3, 0.4) is 0 Å². The lowest BCUT2D eigenvalue weighted by atomic mass is 9.93. The summed E-state index contributed by atoms with van der Waals surface area (Å²) in [6.07, 6.45) is 0.593. The number of nitrogens with zero attached hydrogens (tertiary/aromatic N) is 1. The van der Waals surface area contributed by atoms with E-state index in [1.54, 1.807) is 6.92 Å². The molecule has 1 saturated heterocycles. The largest absolute Gasteiger partial charge is 0.480 e. The van der Waals surface area contributed by atoms with Gasteiger partial charge in [0.15, 0.2) is 0 Å². The van der Waals surface area contributed by atoms with Crippen molar-refractivity contribution in [3.63, 3.8) is 0 Å². The summed E-state index contributed by atoms with van der Waals surface area (Å²) in [7, 11) is 0. The van der Waals surface area contributed by atoms with Crippen molar-refractivity contribution in [2.24, 2.45) is 5.73 Å². The molecule has 0 aromatic heterocycles. The lowest BCUT2D eigenvalue weighted by Crippen LogP contribution is -2.57. The molecule has 0 spiro atoms. The Morgan fingerprint density at radius 1 is 1.67 bits per heavy atom. The van der Waals surface area contributed by atoms with E-state index in [9.17, 15) is 4.79 Å². The van der Waals surface area contributed by atoms with E-state index in [0.717, 1.165) is 13.1 Å². The van der Waals surface area contributed by atoms with Crippen LogP contribution in [0.4, 0.5) is 0 Å². The molecular formula is C13H26N2O3. The number of carboxylic acid groups (broad SMARTS) is 1. The molecule has 0 saturated carbocycles. The molecule has 18 heavy (non-hydrogen) atoms. The van der Waals surface area contributed by atoms with Crippen LogP contribution in [0.1, 0.15) is 41.0 Å². The highest BCUT2D eigenvalue weighted by molar-refractivity contribution is 5.77. The number of ether oxygens (including phenoxy) is 1. The van der Waals surface area contributed by atoms with Gasteiger partial charge in [-0.15, -0.1) is 0 Å². The Labute approximate surface area is 109 Å². The number of hydrogen-bond acceptors (Lipinski definition) is 4. The quantitative estimate of drug-likeness (QED) is 0.788. The fourth-order valence-electron chi connectivity index (χ4n) is 2.67. The molecule has 1 heterocycles. The molecule has 3 atom stereocenters. The monoisotopic (exact) mass is 258 g/mol. The molecule has 0 aromatic carbocycles. The van der Waals surface area contributed by atoms with Gasteiger partial charge >= 0.3 is 5.97 Å². The van der Waals surface area contributed by atoms with E-state index in [1.165, 1.54) is 0 Å². The smallest absolute Gasteiger partial charge is 0.323 e. The first kappa shape index (κ1) is 15.4. The van der Waals surface area contributed by atoms with E-state index in [-0.39, 0.29) is 17.7 Å². The zero-order valence-corrected chi connectivity index (χ0v) is 12.1. The molecule has 3 unspecified atom stereocenters. The second kappa shape index (κ2) is 5.15. The van der Waals surface area contributed by atoms with Crippen LogP contribution >= 0.6 is 0 Å². The summed E-state index contributed by atoms with van der Waals surface area (Å²) >= 11 is 0. The Morgan fingerprint density at radius 2 is 2.22 bits per heavy atom. The first-order chi connectivity index (χ1) is 8.03. The van der Waals surface area contributed by atoms with Crippen LogP contribution in [0, 0.1) is 0 Å². The number of aliphatic carboxylic acids is 1. The minimum Gasteiger partial charge on any atom is -0.480 e. The van der Waals surface area contributed by atoms with E-state index >= 15 is 0 Å². The molecule has 3 N–H and O–H groups in total. The molecule has 106 valence electrons. The third kappa shape index (κ3) is 3.93. The number of nitrogens with two attached hydrogens (primary N) is 1. The highest BCUT2D eigenvalue weighted by Gasteiger charge is 2.37. The molecule has 0 amide bonds. The molecule has 5 heteroatoms. The van der Waals surface area contributed by atoms with E-state index in [1.807, 2.05) is 13.8 Å². The predicted octanol–water partition coefficient (Wildman–Crippen LogP) is 1.07. The van der Waals surface area contributed by atoms with Gasteiger partial charge in [0.05, 0.1) is 11.7 Å². The van der Waals surface area contributed by atoms with Gasteiger partial charge < -0.3 is 15.6 Å². The summed E-state index contributed by atoms with van der Waals surface area (Å²) in [5.41, 5.74) is 4.44. The summed E-state index contributed by atoms with van der Waals surface area (Å²) in [4.78, 5) is 13.3. The Kier molecular flexibility index (Phi) is 4.41. The number of rotatable bonds is 4. The molecule has 0 radical (unpaired) electrons. The van der Waals surface area contributed by atoms with Gasteiger partial charge in [-0.3, -0.25) is 9.69 Å². The van der Waals surface area contributed by atoms with Gasteiger partial charge in [0.1, 0.15) is 5.54 Å². The normalized spacial score (nSPS) is 29.6. The molecule has 5 nitrogen and oxygen atoms in total. The van der Waals surface area contributed by atoms with Crippen molar-refractivity contribution in [2.45, 2.75) is 64.3 Å². The van der Waals surface area contributed by atoms with E-state index < -0.39 is 11.5 Å². The number of morpholine rings is 1. The fourth-order valence-corrected chi connectivity index (χ4v) is 2.67. The molecule has 0 aliphatic carbocycles. The number of hydrogen-bond donors (Lipinski definition) is 2. The summed E-state index contributed by atoms with van der Waals surface area (Å²) in [6.45, 7) is 11.4. The average molecular weight is 258 g/mol. The van der Waals surface area contributed by atoms with Crippen molar-refractivity contribution in [1.82, 2.24) is 4.90 Å². The molecule has 0 bridgehead atoms. The van der Waals surface area contributed by atoms with Crippen molar-refractivity contribution < 1.29 is 14.6 Å². The van der Waals surface area contributed by atoms with Crippen LogP contribution in [0.15, 0.2) is 0 Å². The summed E-state index contributed by atoms with van der Waals surface area (Å²) in [5, 5.41) is 9.07. The van der Waals surface area contributed by atoms with Gasteiger partial charge in [0, 0.05) is 19.1 Å². The van der Waals surface area contributed by atoms with Gasteiger partial charge in [0.2, 0.25) is 0 Å². The maximum atomic E-state index is 11.1. The van der Waals surface area contributed by atoms with Crippen LogP contribution in [0.5, 0.6) is 0 Å². The zero-order valence-electron chi connectivity index (χ0n) is 12.1. The van der Waals surface area contributed by atoms with Crippen molar-refractivity contribution in [2.75, 3.05) is 13.1 Å². The van der Waals surface area contributed by atoms with E-state index in [4.69, 9.17) is 15.6 Å². The third-order valence-corrected chi connectivity index (χ3v) is 3.43. The van der Waals surface area contributed by atoms with E-state index in [0.29, 0.717) is 6.42 Å². The molecule has 0 aromatic rings. The van der Waals surface area contributed by atoms with Crippen molar-refractivity contribution in [3.05, 3.63) is 0 Å². The second-order valence-electron chi connectivity index (χ2n) is 6.39. The highest BCUT2D eigenvalue weighted by atomic mass is 16.5. The summed E-state index contributed by atoms with van der Waals surface area (Å²) in [5.74, 6) is -0.949. The molecular weight excluding hydrogens is 232 g/mol. The van der Waals surface area contributed by atoms with Crippen LogP contribution in [-0.4, -0.2) is 52.4 Å². The standard InChI is InChI=1S/C13H26N2O3/c1-9(6-13(5,14)11(16)17)15-7-10(2)18-12(3,4)8-15/h9-10H,6-8,14H2,1-5H3,(H,16,17). The molecule has 1 aliphatic rings. The number of carbonyl (C=O) groups is 1. The lowest BCUT2D eigenvalue weighted by Gasteiger charge is -2.45. The Balaban J connectivity index is 2.67. The minimum absolute atomic E-state index is 0.127. The van der Waals surface area contributed by atoms with Gasteiger partial charge in [-0.25, -0.2) is 0 Å². The second-order valence-corrected chi connectivity index (χ2v) is 6.39. The van der Waals surface area contributed by atoms with Crippen molar-refractivity contribution >= 4 is 5.97 Å². The third-order valence-electron chi connectivity index (χ3n) is 3.43. The minimum atomic E-state index is -1.18. The van der Waals surface area contributed by atoms with Crippen molar-refractivity contribution in [3.8, 4) is 0 Å². The zero-order chi connectivity index (χ0) is 14.1. The Bertz CT molecular complexity index is 315. The topological polar surface area (TPSA) is 75.8 Å². The molecule has 1 rings (SSSR count). The maximum absolute atomic E-state index is 11.1. The Hall–Kier alpha value is -0.650. The maximum Gasteiger partial charge on any atom is 0.323 e. The molecule has 1 fully saturated rings. The summed E-state index contributed by atoms with van der Waals surface area (Å²) < 4.78 is 5.84. The van der Waals surface area contributed by atoms with Crippen LogP contribution < -0.4 is 5.73 Å². The average Bonchev–Trinajstić information content (AvgIpc) is 2.13. The molecule has 1 aliphatic heterocycles. The Morgan fingerprint density at radius 3 is 2.67 bits per heavy atom. The first-order valence-corrected chi connectivity index (χ1v) is 6.48. The lowest BCUT2D eigenvalue weighted by molar-refractivity contribution is -0.147. The predicted molar refractivity (Wildman–Crippen MR) is 70.5 cm³/mol. The highest BCUT2D eigenvalue weighted by Crippen LogP contribution is 2.24. The van der Waals surface area contributed by atoms with Crippen LogP contribution in [0.2, 0.25) is 0 Å². The fraction of sp³-hybridized carbons (Fsp3) is 0.923. The van der Waals surface area contributed by atoms with E-state index in [2.05, 4.69) is 18.7 Å². The van der Waals surface area contributed by atoms with Gasteiger partial charge in [-0.2, -0.15) is 0 Å². The van der Waals surface area contributed by atoms with Crippen LogP contribution in [-0.2, 0) is 9.53 Å². The number of carboxylic acids is 1. The van der Waals surface area contributed by atoms with Crippen molar-refractivity contribution in [1.29, 1.82) is 0 Å².